The molecule has 3 nitrogen and oxygen atoms in total. The maximum absolute atomic E-state index is 9.09. The van der Waals surface area contributed by atoms with E-state index in [4.69, 9.17) is 10.9 Å². The molecule has 0 atom stereocenters. The molecule has 0 aliphatic heterocycles. The van der Waals surface area contributed by atoms with Crippen LogP contribution in [0.5, 0.6) is 5.75 Å². The summed E-state index contributed by atoms with van der Waals surface area (Å²) in [6.45, 7) is 1.93. The van der Waals surface area contributed by atoms with Crippen LogP contribution in [-0.2, 0) is 0 Å². The average Bonchev–Trinajstić information content (AvgIpc) is 1.94. The number of hydrogen-bond donors (Lipinski definition) is 3. The van der Waals surface area contributed by atoms with E-state index in [9.17, 15) is 0 Å². The smallest absolute Gasteiger partial charge is 0.140 e. The molecule has 0 bridgehead atoms. The van der Waals surface area contributed by atoms with E-state index in [-0.39, 0.29) is 5.75 Å². The summed E-state index contributed by atoms with van der Waals surface area (Å²) in [6, 6.07) is 5.19. The van der Waals surface area contributed by atoms with Crippen LogP contribution >= 0.6 is 0 Å². The van der Waals surface area contributed by atoms with Crippen molar-refractivity contribution in [2.75, 3.05) is 5.43 Å². The van der Waals surface area contributed by atoms with E-state index in [1.165, 1.54) is 0 Å². The van der Waals surface area contributed by atoms with Crippen molar-refractivity contribution >= 4 is 5.69 Å². The van der Waals surface area contributed by atoms with Crippen LogP contribution in [0.3, 0.4) is 0 Å². The van der Waals surface area contributed by atoms with Crippen LogP contribution in [-0.4, -0.2) is 5.11 Å². The highest BCUT2D eigenvalue weighted by Gasteiger charge is 1.96. The molecule has 4 N–H and O–H groups in total. The molecule has 0 heterocycles. The maximum Gasteiger partial charge on any atom is 0.140 e. The number of hydrazine groups is 1. The van der Waals surface area contributed by atoms with Gasteiger partial charge in [-0.3, -0.25) is 5.84 Å². The number of anilines is 1. The van der Waals surface area contributed by atoms with Gasteiger partial charge in [0, 0.05) is 0 Å². The van der Waals surface area contributed by atoms with Gasteiger partial charge >= 0.3 is 0 Å². The minimum absolute atomic E-state index is 0.174. The number of benzene rings is 1. The zero-order valence-corrected chi connectivity index (χ0v) is 5.76. The van der Waals surface area contributed by atoms with E-state index in [1.54, 1.807) is 12.1 Å². The summed E-state index contributed by atoms with van der Waals surface area (Å²) in [6.07, 6.45) is 0. The van der Waals surface area contributed by atoms with Gasteiger partial charge in [0.15, 0.2) is 0 Å². The summed E-state index contributed by atoms with van der Waals surface area (Å²) in [7, 11) is 0. The Hall–Kier alpha value is -1.22. The van der Waals surface area contributed by atoms with Crippen LogP contribution in [0, 0.1) is 6.92 Å². The molecule has 0 saturated heterocycles. The van der Waals surface area contributed by atoms with E-state index in [2.05, 4.69) is 5.43 Å². The Morgan fingerprint density at radius 3 is 2.70 bits per heavy atom. The van der Waals surface area contributed by atoms with Gasteiger partial charge in [-0.1, -0.05) is 6.07 Å². The molecule has 54 valence electrons. The predicted octanol–water partition coefficient (Wildman–Crippen LogP) is 0.986. The van der Waals surface area contributed by atoms with Crippen molar-refractivity contribution in [2.24, 2.45) is 5.84 Å². The second-order valence-electron chi connectivity index (χ2n) is 2.16. The van der Waals surface area contributed by atoms with Crippen molar-refractivity contribution in [3.63, 3.8) is 0 Å². The first-order valence-electron chi connectivity index (χ1n) is 3.00. The fraction of sp³-hybridized carbons (Fsp3) is 0.143. The number of hydrogen-bond acceptors (Lipinski definition) is 3. The van der Waals surface area contributed by atoms with Crippen molar-refractivity contribution in [1.29, 1.82) is 0 Å². The number of nitrogens with two attached hydrogens (primary N) is 1. The van der Waals surface area contributed by atoms with E-state index >= 15 is 0 Å². The largest absolute Gasteiger partial charge is 0.506 e. The zero-order valence-electron chi connectivity index (χ0n) is 5.76. The Kier molecular flexibility index (Phi) is 1.78. The summed E-state index contributed by atoms with van der Waals surface area (Å²) in [5, 5.41) is 9.09. The summed E-state index contributed by atoms with van der Waals surface area (Å²) < 4.78 is 0. The van der Waals surface area contributed by atoms with E-state index in [1.807, 2.05) is 13.0 Å². The van der Waals surface area contributed by atoms with Crippen LogP contribution in [0.25, 0.3) is 0 Å². The highest BCUT2D eigenvalue weighted by atomic mass is 16.3. The molecular weight excluding hydrogens is 128 g/mol. The fourth-order valence-electron chi connectivity index (χ4n) is 0.765. The van der Waals surface area contributed by atoms with E-state index in [0.717, 1.165) is 5.56 Å². The Labute approximate surface area is 59.5 Å². The number of nitrogen functional groups attached to an aromatic ring is 1. The quantitative estimate of drug-likeness (QED) is 0.308. The lowest BCUT2D eigenvalue weighted by atomic mass is 10.2. The van der Waals surface area contributed by atoms with Crippen molar-refractivity contribution in [2.45, 2.75) is 6.92 Å². The van der Waals surface area contributed by atoms with Gasteiger partial charge in [-0.05, 0) is 24.6 Å². The third kappa shape index (κ3) is 1.19. The molecule has 1 aromatic rings. The van der Waals surface area contributed by atoms with Gasteiger partial charge in [-0.15, -0.1) is 0 Å². The number of rotatable bonds is 1. The molecule has 0 spiro atoms. The van der Waals surface area contributed by atoms with Gasteiger partial charge in [-0.25, -0.2) is 0 Å². The van der Waals surface area contributed by atoms with Crippen molar-refractivity contribution in [3.8, 4) is 5.75 Å². The molecule has 0 aliphatic rings. The number of aryl methyl sites for hydroxylation is 1. The minimum Gasteiger partial charge on any atom is -0.506 e. The van der Waals surface area contributed by atoms with Crippen molar-refractivity contribution in [1.82, 2.24) is 0 Å². The summed E-state index contributed by atoms with van der Waals surface area (Å²) in [5.41, 5.74) is 4.00. The first kappa shape index (κ1) is 6.89. The number of aromatic hydroxyl groups is 1. The molecule has 0 amide bonds. The van der Waals surface area contributed by atoms with Crippen molar-refractivity contribution < 1.29 is 5.11 Å². The normalized spacial score (nSPS) is 9.40. The Morgan fingerprint density at radius 2 is 2.20 bits per heavy atom. The fourth-order valence-corrected chi connectivity index (χ4v) is 0.765. The zero-order chi connectivity index (χ0) is 7.56. The number of nitrogens with one attached hydrogen (secondary N) is 1. The number of phenols is 1. The molecule has 10 heavy (non-hydrogen) atoms. The first-order valence-corrected chi connectivity index (χ1v) is 3.00. The van der Waals surface area contributed by atoms with Crippen LogP contribution in [0.15, 0.2) is 18.2 Å². The second kappa shape index (κ2) is 2.58. The van der Waals surface area contributed by atoms with Gasteiger partial charge in [0.1, 0.15) is 5.75 Å². The SMILES string of the molecule is Cc1ccc(O)c(NN)c1. The standard InChI is InChI=1S/C7H10N2O/c1-5-2-3-7(10)6(4-5)9-8/h2-4,9-10H,8H2,1H3. The molecule has 1 aromatic carbocycles. The number of phenolic OH excluding ortho intramolecular Hbond substituents is 1. The molecule has 0 saturated carbocycles. The lowest BCUT2D eigenvalue weighted by Crippen LogP contribution is -2.06. The van der Waals surface area contributed by atoms with Gasteiger partial charge in [0.2, 0.25) is 0 Å². The van der Waals surface area contributed by atoms with Gasteiger partial charge < -0.3 is 10.5 Å². The molecule has 0 aliphatic carbocycles. The summed E-state index contributed by atoms with van der Waals surface area (Å²) in [5.74, 6) is 5.28. The minimum atomic E-state index is 0.174. The highest BCUT2D eigenvalue weighted by Crippen LogP contribution is 2.21. The predicted molar refractivity (Wildman–Crippen MR) is 40.7 cm³/mol. The van der Waals surface area contributed by atoms with Gasteiger partial charge in [-0.2, -0.15) is 0 Å². The Bertz CT molecular complexity index is 235. The topological polar surface area (TPSA) is 58.3 Å². The molecule has 1 rings (SSSR count). The van der Waals surface area contributed by atoms with Gasteiger partial charge in [0.25, 0.3) is 0 Å². The van der Waals surface area contributed by atoms with Crippen LogP contribution in [0.2, 0.25) is 0 Å². The third-order valence-corrected chi connectivity index (χ3v) is 1.31. The van der Waals surface area contributed by atoms with Crippen LogP contribution in [0.1, 0.15) is 5.56 Å². The lowest BCUT2D eigenvalue weighted by Gasteiger charge is -2.02. The van der Waals surface area contributed by atoms with Crippen molar-refractivity contribution in [3.05, 3.63) is 23.8 Å². The summed E-state index contributed by atoms with van der Waals surface area (Å²) in [4.78, 5) is 0. The molecular formula is C7H10N2O. The Balaban J connectivity index is 3.09. The van der Waals surface area contributed by atoms with Gasteiger partial charge in [0.05, 0.1) is 5.69 Å². The Morgan fingerprint density at radius 1 is 1.50 bits per heavy atom. The third-order valence-electron chi connectivity index (χ3n) is 1.31. The van der Waals surface area contributed by atoms with Crippen LogP contribution < -0.4 is 11.3 Å². The van der Waals surface area contributed by atoms with E-state index < -0.39 is 0 Å². The monoisotopic (exact) mass is 138 g/mol. The maximum atomic E-state index is 9.09. The average molecular weight is 138 g/mol. The second-order valence-corrected chi connectivity index (χ2v) is 2.16. The summed E-state index contributed by atoms with van der Waals surface area (Å²) >= 11 is 0. The molecule has 0 unspecified atom stereocenters. The molecule has 0 fully saturated rings. The van der Waals surface area contributed by atoms with E-state index in [0.29, 0.717) is 5.69 Å². The molecule has 3 heteroatoms. The first-order chi connectivity index (χ1) is 4.74. The van der Waals surface area contributed by atoms with Crippen LogP contribution in [0.4, 0.5) is 5.69 Å². The highest BCUT2D eigenvalue weighted by molar-refractivity contribution is 5.56. The lowest BCUT2D eigenvalue weighted by molar-refractivity contribution is 0.477. The molecule has 0 radical (unpaired) electrons. The molecule has 0 aromatic heterocycles.